The zero-order valence-corrected chi connectivity index (χ0v) is 12.9. The Hall–Kier alpha value is -1.83. The van der Waals surface area contributed by atoms with Crippen molar-refractivity contribution in [3.63, 3.8) is 0 Å². The molecule has 8 heteroatoms. The van der Waals surface area contributed by atoms with Crippen LogP contribution in [0.4, 0.5) is 13.2 Å². The summed E-state index contributed by atoms with van der Waals surface area (Å²) in [5, 5.41) is 11.4. The monoisotopic (exact) mass is 315 g/mol. The average Bonchev–Trinajstić information content (AvgIpc) is 3.10. The van der Waals surface area contributed by atoms with Crippen LogP contribution in [0, 0.1) is 0 Å². The van der Waals surface area contributed by atoms with E-state index in [0.717, 1.165) is 23.0 Å². The molecule has 1 atom stereocenters. The molecule has 2 aromatic rings. The first-order valence-corrected chi connectivity index (χ1v) is 7.25. The maximum Gasteiger partial charge on any atom is 0.433 e. The van der Waals surface area contributed by atoms with Gasteiger partial charge in [0.25, 0.3) is 0 Å². The summed E-state index contributed by atoms with van der Waals surface area (Å²) >= 11 is 0. The zero-order chi connectivity index (χ0) is 16.3. The van der Waals surface area contributed by atoms with Crippen molar-refractivity contribution in [3.8, 4) is 0 Å². The van der Waals surface area contributed by atoms with Crippen LogP contribution in [0.15, 0.2) is 18.3 Å². The summed E-state index contributed by atoms with van der Waals surface area (Å²) in [5.41, 5.74) is 0.662. The Morgan fingerprint density at radius 2 is 1.91 bits per heavy atom. The van der Waals surface area contributed by atoms with Gasteiger partial charge in [0, 0.05) is 31.9 Å². The molecule has 0 aliphatic heterocycles. The lowest BCUT2D eigenvalue weighted by molar-refractivity contribution is -0.144. The second-order valence-corrected chi connectivity index (χ2v) is 5.01. The Morgan fingerprint density at radius 1 is 1.23 bits per heavy atom. The molecule has 0 saturated heterocycles. The highest BCUT2D eigenvalue weighted by Gasteiger charge is 2.35. The fraction of sp³-hybridized carbons (Fsp3) is 0.571. The second-order valence-electron chi connectivity index (χ2n) is 5.01. The highest BCUT2D eigenvalue weighted by Crippen LogP contribution is 2.29. The minimum Gasteiger partial charge on any atom is -0.303 e. The van der Waals surface area contributed by atoms with E-state index in [4.69, 9.17) is 0 Å². The predicted octanol–water partition coefficient (Wildman–Crippen LogP) is 2.99. The number of aryl methyl sites for hydroxylation is 2. The van der Waals surface area contributed by atoms with E-state index in [9.17, 15) is 13.2 Å². The van der Waals surface area contributed by atoms with Gasteiger partial charge in [-0.25, -0.2) is 0 Å². The molecule has 0 spiro atoms. The topological polar surface area (TPSA) is 47.7 Å². The molecule has 0 saturated carbocycles. The summed E-state index contributed by atoms with van der Waals surface area (Å²) in [4.78, 5) is 0. The van der Waals surface area contributed by atoms with E-state index in [1.54, 1.807) is 13.1 Å². The van der Waals surface area contributed by atoms with E-state index in [-0.39, 0.29) is 19.1 Å². The molecule has 0 amide bonds. The lowest BCUT2D eigenvalue weighted by atomic mass is 10.2. The largest absolute Gasteiger partial charge is 0.433 e. The SMILES string of the molecule is CCn1nccc1C(C)NCc1cc(C(F)(F)F)n(CC)n1. The van der Waals surface area contributed by atoms with Gasteiger partial charge in [-0.2, -0.15) is 23.4 Å². The fourth-order valence-corrected chi connectivity index (χ4v) is 2.36. The van der Waals surface area contributed by atoms with Crippen molar-refractivity contribution in [3.05, 3.63) is 35.4 Å². The summed E-state index contributed by atoms with van der Waals surface area (Å²) in [6.07, 6.45) is -2.67. The lowest BCUT2D eigenvalue weighted by Gasteiger charge is -2.14. The third-order valence-corrected chi connectivity index (χ3v) is 3.50. The van der Waals surface area contributed by atoms with Gasteiger partial charge in [0.15, 0.2) is 0 Å². The molecule has 5 nitrogen and oxygen atoms in total. The van der Waals surface area contributed by atoms with Gasteiger partial charge < -0.3 is 5.32 Å². The van der Waals surface area contributed by atoms with E-state index in [1.165, 1.54) is 0 Å². The van der Waals surface area contributed by atoms with Crippen molar-refractivity contribution in [2.24, 2.45) is 0 Å². The molecule has 2 rings (SSSR count). The first-order chi connectivity index (χ1) is 10.4. The molecule has 0 bridgehead atoms. The van der Waals surface area contributed by atoms with E-state index in [2.05, 4.69) is 15.5 Å². The predicted molar refractivity (Wildman–Crippen MR) is 76.1 cm³/mol. The molecule has 22 heavy (non-hydrogen) atoms. The maximum absolute atomic E-state index is 12.9. The number of halogens is 3. The molecule has 0 aliphatic carbocycles. The van der Waals surface area contributed by atoms with Gasteiger partial charge in [0.05, 0.1) is 11.4 Å². The van der Waals surface area contributed by atoms with E-state index >= 15 is 0 Å². The molecular formula is C14H20F3N5. The Kier molecular flexibility index (Phi) is 4.90. The van der Waals surface area contributed by atoms with Crippen molar-refractivity contribution in [1.82, 2.24) is 24.9 Å². The van der Waals surface area contributed by atoms with E-state index in [1.807, 2.05) is 24.6 Å². The summed E-state index contributed by atoms with van der Waals surface area (Å²) in [6, 6.07) is 2.97. The molecule has 1 N–H and O–H groups in total. The van der Waals surface area contributed by atoms with Gasteiger partial charge in [0.2, 0.25) is 0 Å². The molecule has 0 radical (unpaired) electrons. The number of rotatable bonds is 6. The quantitative estimate of drug-likeness (QED) is 0.891. The number of aromatic nitrogens is 4. The molecule has 0 aromatic carbocycles. The van der Waals surface area contributed by atoms with Crippen LogP contribution in [0.1, 0.15) is 43.9 Å². The van der Waals surface area contributed by atoms with Gasteiger partial charge in [-0.1, -0.05) is 0 Å². The minimum atomic E-state index is -4.38. The molecule has 0 fully saturated rings. The first kappa shape index (κ1) is 16.5. The molecule has 2 heterocycles. The number of hydrogen-bond donors (Lipinski definition) is 1. The molecular weight excluding hydrogens is 295 g/mol. The van der Waals surface area contributed by atoms with E-state index < -0.39 is 11.9 Å². The summed E-state index contributed by atoms with van der Waals surface area (Å²) in [5.74, 6) is 0. The van der Waals surface area contributed by atoms with Crippen molar-refractivity contribution in [2.75, 3.05) is 0 Å². The van der Waals surface area contributed by atoms with Crippen LogP contribution in [0.2, 0.25) is 0 Å². The Balaban J connectivity index is 2.07. The normalized spacial score (nSPS) is 13.5. The maximum atomic E-state index is 12.9. The summed E-state index contributed by atoms with van der Waals surface area (Å²) in [7, 11) is 0. The zero-order valence-electron chi connectivity index (χ0n) is 12.9. The van der Waals surface area contributed by atoms with Gasteiger partial charge in [0.1, 0.15) is 5.69 Å². The molecule has 2 aromatic heterocycles. The van der Waals surface area contributed by atoms with Crippen molar-refractivity contribution in [1.29, 1.82) is 0 Å². The minimum absolute atomic E-state index is 0.0245. The highest BCUT2D eigenvalue weighted by molar-refractivity contribution is 5.14. The highest BCUT2D eigenvalue weighted by atomic mass is 19.4. The van der Waals surface area contributed by atoms with Gasteiger partial charge in [-0.05, 0) is 32.9 Å². The summed E-state index contributed by atoms with van der Waals surface area (Å²) < 4.78 is 41.5. The van der Waals surface area contributed by atoms with Crippen molar-refractivity contribution in [2.45, 2.75) is 52.6 Å². The van der Waals surface area contributed by atoms with Crippen LogP contribution in [0.3, 0.4) is 0 Å². The van der Waals surface area contributed by atoms with Crippen LogP contribution < -0.4 is 5.32 Å². The van der Waals surface area contributed by atoms with Crippen LogP contribution in [0.25, 0.3) is 0 Å². The third kappa shape index (κ3) is 3.49. The van der Waals surface area contributed by atoms with Crippen LogP contribution in [-0.2, 0) is 25.8 Å². The Bertz CT molecular complexity index is 614. The number of alkyl halides is 3. The van der Waals surface area contributed by atoms with Crippen LogP contribution >= 0.6 is 0 Å². The average molecular weight is 315 g/mol. The third-order valence-electron chi connectivity index (χ3n) is 3.50. The van der Waals surface area contributed by atoms with Crippen LogP contribution in [0.5, 0.6) is 0 Å². The summed E-state index contributed by atoms with van der Waals surface area (Å²) in [6.45, 7) is 6.78. The van der Waals surface area contributed by atoms with Crippen molar-refractivity contribution < 1.29 is 13.2 Å². The second kappa shape index (κ2) is 6.51. The number of nitrogens with one attached hydrogen (secondary N) is 1. The van der Waals surface area contributed by atoms with Gasteiger partial charge >= 0.3 is 6.18 Å². The molecule has 0 aliphatic rings. The standard InChI is InChI=1S/C14H20F3N5/c1-4-21-12(6-7-19-21)10(3)18-9-11-8-13(14(15,16)17)22(5-2)20-11/h6-8,10,18H,4-5,9H2,1-3H3. The lowest BCUT2D eigenvalue weighted by Crippen LogP contribution is -2.21. The molecule has 122 valence electrons. The first-order valence-electron chi connectivity index (χ1n) is 7.25. The Morgan fingerprint density at radius 3 is 2.45 bits per heavy atom. The van der Waals surface area contributed by atoms with Crippen LogP contribution in [-0.4, -0.2) is 19.6 Å². The number of nitrogens with zero attached hydrogens (tertiary/aromatic N) is 4. The van der Waals surface area contributed by atoms with Crippen molar-refractivity contribution >= 4 is 0 Å². The van der Waals surface area contributed by atoms with E-state index in [0.29, 0.717) is 5.69 Å². The molecule has 1 unspecified atom stereocenters. The smallest absolute Gasteiger partial charge is 0.303 e. The van der Waals surface area contributed by atoms with Gasteiger partial charge in [-0.15, -0.1) is 0 Å². The number of hydrogen-bond acceptors (Lipinski definition) is 3. The van der Waals surface area contributed by atoms with Gasteiger partial charge in [-0.3, -0.25) is 9.36 Å². The fourth-order valence-electron chi connectivity index (χ4n) is 2.36. The Labute approximate surface area is 127 Å².